The molecule has 0 N–H and O–H groups in total. The van der Waals surface area contributed by atoms with Crippen molar-refractivity contribution < 1.29 is 0 Å². The molecule has 0 radical (unpaired) electrons. The van der Waals surface area contributed by atoms with Crippen molar-refractivity contribution in [2.45, 2.75) is 6.54 Å². The van der Waals surface area contributed by atoms with Gasteiger partial charge in [-0.15, -0.1) is 0 Å². The molecule has 1 aromatic heterocycles. The lowest BCUT2D eigenvalue weighted by molar-refractivity contribution is 0.756. The Bertz CT molecular complexity index is 546. The topological polar surface area (TPSA) is 22.0 Å². The van der Waals surface area contributed by atoms with E-state index < -0.39 is 0 Å². The zero-order chi connectivity index (χ0) is 11.5. The van der Waals surface area contributed by atoms with Gasteiger partial charge in [0.25, 0.3) is 5.56 Å². The number of rotatable bonds is 2. The van der Waals surface area contributed by atoms with Crippen LogP contribution >= 0.6 is 45.2 Å². The van der Waals surface area contributed by atoms with Crippen LogP contribution in [0.25, 0.3) is 0 Å². The Labute approximate surface area is 121 Å². The second-order valence-corrected chi connectivity index (χ2v) is 5.93. The van der Waals surface area contributed by atoms with E-state index in [1.54, 1.807) is 10.6 Å². The average Bonchev–Trinajstić information content (AvgIpc) is 2.27. The summed E-state index contributed by atoms with van der Waals surface area (Å²) in [6.45, 7) is 0.632. The van der Waals surface area contributed by atoms with E-state index >= 15 is 0 Å². The molecule has 0 fully saturated rings. The molecule has 0 amide bonds. The standard InChI is InChI=1S/C12H9I2NO/c13-10-3-1-9(2-4-10)7-15-8-11(14)5-6-12(15)16/h1-6,8H,7H2. The number of benzene rings is 1. The van der Waals surface area contributed by atoms with E-state index in [0.29, 0.717) is 6.54 Å². The van der Waals surface area contributed by atoms with E-state index in [9.17, 15) is 4.79 Å². The minimum Gasteiger partial charge on any atom is -0.310 e. The van der Waals surface area contributed by atoms with Gasteiger partial charge in [0.15, 0.2) is 0 Å². The van der Waals surface area contributed by atoms with Gasteiger partial charge in [-0.2, -0.15) is 0 Å². The van der Waals surface area contributed by atoms with Gasteiger partial charge in [0.2, 0.25) is 0 Å². The predicted octanol–water partition coefficient (Wildman–Crippen LogP) is 3.11. The Balaban J connectivity index is 2.30. The van der Waals surface area contributed by atoms with E-state index in [2.05, 4.69) is 57.3 Å². The van der Waals surface area contributed by atoms with Crippen LogP contribution in [0.4, 0.5) is 0 Å². The molecule has 0 bridgehead atoms. The van der Waals surface area contributed by atoms with Crippen LogP contribution in [0.2, 0.25) is 0 Å². The first-order valence-corrected chi connectivity index (χ1v) is 6.91. The summed E-state index contributed by atoms with van der Waals surface area (Å²) < 4.78 is 4.00. The molecule has 4 heteroatoms. The molecule has 0 aliphatic heterocycles. The number of halogens is 2. The largest absolute Gasteiger partial charge is 0.310 e. The van der Waals surface area contributed by atoms with Crippen molar-refractivity contribution in [3.63, 3.8) is 0 Å². The van der Waals surface area contributed by atoms with E-state index in [-0.39, 0.29) is 5.56 Å². The monoisotopic (exact) mass is 437 g/mol. The second kappa shape index (κ2) is 5.31. The van der Waals surface area contributed by atoms with Crippen molar-refractivity contribution in [1.82, 2.24) is 4.57 Å². The molecule has 82 valence electrons. The van der Waals surface area contributed by atoms with Crippen molar-refractivity contribution in [3.8, 4) is 0 Å². The van der Waals surface area contributed by atoms with Gasteiger partial charge < -0.3 is 4.57 Å². The molecule has 0 aliphatic rings. The highest BCUT2D eigenvalue weighted by Crippen LogP contribution is 2.08. The van der Waals surface area contributed by atoms with Crippen molar-refractivity contribution in [3.05, 3.63) is 65.7 Å². The molecule has 1 aromatic carbocycles. The summed E-state index contributed by atoms with van der Waals surface area (Å²) in [6.07, 6.45) is 1.88. The summed E-state index contributed by atoms with van der Waals surface area (Å²) in [6, 6.07) is 11.6. The second-order valence-electron chi connectivity index (χ2n) is 3.44. The molecule has 1 heterocycles. The van der Waals surface area contributed by atoms with Gasteiger partial charge in [-0.05, 0) is 68.9 Å². The molecule has 0 atom stereocenters. The number of hydrogen-bond donors (Lipinski definition) is 0. The van der Waals surface area contributed by atoms with Crippen molar-refractivity contribution in [1.29, 1.82) is 0 Å². The first-order chi connectivity index (χ1) is 7.65. The predicted molar refractivity (Wildman–Crippen MR) is 81.7 cm³/mol. The number of nitrogens with zero attached hydrogens (tertiary/aromatic N) is 1. The minimum atomic E-state index is 0.0407. The Morgan fingerprint density at radius 3 is 2.25 bits per heavy atom. The molecule has 0 saturated heterocycles. The first-order valence-electron chi connectivity index (χ1n) is 4.75. The molecule has 2 aromatic rings. The zero-order valence-corrected chi connectivity index (χ0v) is 12.7. The van der Waals surface area contributed by atoms with Gasteiger partial charge in [0.05, 0.1) is 6.54 Å². The van der Waals surface area contributed by atoms with E-state index in [1.165, 1.54) is 3.57 Å². The molecule has 0 aliphatic carbocycles. The lowest BCUT2D eigenvalue weighted by atomic mass is 10.2. The van der Waals surface area contributed by atoms with Crippen molar-refractivity contribution >= 4 is 45.2 Å². The molecule has 2 nitrogen and oxygen atoms in total. The minimum absolute atomic E-state index is 0.0407. The Kier molecular flexibility index (Phi) is 4.01. The third-order valence-corrected chi connectivity index (χ3v) is 3.57. The number of hydrogen-bond acceptors (Lipinski definition) is 1. The third kappa shape index (κ3) is 3.07. The van der Waals surface area contributed by atoms with Gasteiger partial charge >= 0.3 is 0 Å². The normalized spacial score (nSPS) is 10.4. The maximum Gasteiger partial charge on any atom is 0.250 e. The molecular weight excluding hydrogens is 428 g/mol. The summed E-state index contributed by atoms with van der Waals surface area (Å²) in [5.41, 5.74) is 1.18. The lowest BCUT2D eigenvalue weighted by Crippen LogP contribution is -2.19. The Morgan fingerprint density at radius 1 is 0.938 bits per heavy atom. The fourth-order valence-corrected chi connectivity index (χ4v) is 2.29. The van der Waals surface area contributed by atoms with Crippen molar-refractivity contribution in [2.24, 2.45) is 0 Å². The van der Waals surface area contributed by atoms with Crippen LogP contribution in [-0.2, 0) is 6.54 Å². The first kappa shape index (κ1) is 12.1. The highest BCUT2D eigenvalue weighted by molar-refractivity contribution is 14.1. The third-order valence-electron chi connectivity index (χ3n) is 2.21. The highest BCUT2D eigenvalue weighted by atomic mass is 127. The molecule has 16 heavy (non-hydrogen) atoms. The molecule has 2 rings (SSSR count). The van der Waals surface area contributed by atoms with Gasteiger partial charge in [0.1, 0.15) is 0 Å². The van der Waals surface area contributed by atoms with Crippen LogP contribution in [0.3, 0.4) is 0 Å². The summed E-state index contributed by atoms with van der Waals surface area (Å²) >= 11 is 4.48. The fourth-order valence-electron chi connectivity index (χ4n) is 1.41. The van der Waals surface area contributed by atoms with Gasteiger partial charge in [0, 0.05) is 19.4 Å². The molecule has 0 saturated carbocycles. The maximum absolute atomic E-state index is 11.6. The van der Waals surface area contributed by atoms with Crippen LogP contribution in [0.5, 0.6) is 0 Å². The molecule has 0 unspecified atom stereocenters. The number of pyridine rings is 1. The molecular formula is C12H9I2NO. The zero-order valence-electron chi connectivity index (χ0n) is 8.36. The van der Waals surface area contributed by atoms with Gasteiger partial charge in [-0.1, -0.05) is 12.1 Å². The summed E-state index contributed by atoms with van der Waals surface area (Å²) in [7, 11) is 0. The van der Waals surface area contributed by atoms with Crippen LogP contribution in [0.1, 0.15) is 5.56 Å². The van der Waals surface area contributed by atoms with Gasteiger partial charge in [-0.25, -0.2) is 0 Å². The quantitative estimate of drug-likeness (QED) is 0.663. The van der Waals surface area contributed by atoms with Crippen LogP contribution in [0.15, 0.2) is 47.4 Å². The lowest BCUT2D eigenvalue weighted by Gasteiger charge is -2.06. The highest BCUT2D eigenvalue weighted by Gasteiger charge is 1.98. The maximum atomic E-state index is 11.6. The summed E-state index contributed by atoms with van der Waals surface area (Å²) in [4.78, 5) is 11.6. The fraction of sp³-hybridized carbons (Fsp3) is 0.0833. The smallest absolute Gasteiger partial charge is 0.250 e. The summed E-state index contributed by atoms with van der Waals surface area (Å²) in [5.74, 6) is 0. The Morgan fingerprint density at radius 2 is 1.56 bits per heavy atom. The average molecular weight is 437 g/mol. The van der Waals surface area contributed by atoms with E-state index in [1.807, 2.05) is 24.4 Å². The van der Waals surface area contributed by atoms with E-state index in [0.717, 1.165) is 9.13 Å². The molecule has 0 spiro atoms. The van der Waals surface area contributed by atoms with Gasteiger partial charge in [-0.3, -0.25) is 4.79 Å². The summed E-state index contributed by atoms with van der Waals surface area (Å²) in [5, 5.41) is 0. The van der Waals surface area contributed by atoms with Crippen LogP contribution in [0, 0.1) is 7.14 Å². The van der Waals surface area contributed by atoms with Crippen LogP contribution in [-0.4, -0.2) is 4.57 Å². The number of aromatic nitrogens is 1. The van der Waals surface area contributed by atoms with E-state index in [4.69, 9.17) is 0 Å². The SMILES string of the molecule is O=c1ccc(I)cn1Cc1ccc(I)cc1. The Hall–Kier alpha value is -0.370. The van der Waals surface area contributed by atoms with Crippen molar-refractivity contribution in [2.75, 3.05) is 0 Å². The van der Waals surface area contributed by atoms with Crippen LogP contribution < -0.4 is 5.56 Å².